The SMILES string of the molecule is CNCC1Cc2ccc(OC)cc2C1Cc1cccc(Cl)c1.CNS(=O)(=O)c1cnn(C)c1. The summed E-state index contributed by atoms with van der Waals surface area (Å²) in [5.74, 6) is 2.07. The Hall–Kier alpha value is -2.39. The highest BCUT2D eigenvalue weighted by Crippen LogP contribution is 2.41. The van der Waals surface area contributed by atoms with Gasteiger partial charge in [-0.25, -0.2) is 13.1 Å². The van der Waals surface area contributed by atoms with Crippen molar-refractivity contribution in [3.05, 3.63) is 76.6 Å². The highest BCUT2D eigenvalue weighted by atomic mass is 35.5. The smallest absolute Gasteiger partial charge is 0.243 e. The number of methoxy groups -OCH3 is 1. The molecule has 7 nitrogen and oxygen atoms in total. The summed E-state index contributed by atoms with van der Waals surface area (Å²) in [5, 5.41) is 7.88. The van der Waals surface area contributed by atoms with Crippen LogP contribution in [0.15, 0.2) is 59.8 Å². The number of nitrogens with zero attached hydrogens (tertiary/aromatic N) is 2. The molecule has 1 heterocycles. The minimum atomic E-state index is -3.31. The van der Waals surface area contributed by atoms with E-state index < -0.39 is 10.0 Å². The lowest BCUT2D eigenvalue weighted by atomic mass is 9.86. The molecule has 3 aromatic rings. The average molecular weight is 491 g/mol. The molecule has 33 heavy (non-hydrogen) atoms. The number of aryl methyl sites for hydroxylation is 1. The van der Waals surface area contributed by atoms with Crippen molar-refractivity contribution in [2.45, 2.75) is 23.7 Å². The van der Waals surface area contributed by atoms with Gasteiger partial charge in [0.25, 0.3) is 0 Å². The number of ether oxygens (including phenoxy) is 1. The van der Waals surface area contributed by atoms with Gasteiger partial charge in [0.2, 0.25) is 10.0 Å². The van der Waals surface area contributed by atoms with Crippen molar-refractivity contribution in [2.24, 2.45) is 13.0 Å². The average Bonchev–Trinajstić information content (AvgIpc) is 3.38. The van der Waals surface area contributed by atoms with Gasteiger partial charge in [-0.3, -0.25) is 4.68 Å². The van der Waals surface area contributed by atoms with Crippen LogP contribution in [-0.2, 0) is 29.9 Å². The molecule has 0 spiro atoms. The highest BCUT2D eigenvalue weighted by Gasteiger charge is 2.32. The third-order valence-corrected chi connectivity index (χ3v) is 7.48. The number of aromatic nitrogens is 2. The summed E-state index contributed by atoms with van der Waals surface area (Å²) in [6, 6.07) is 14.7. The minimum absolute atomic E-state index is 0.183. The van der Waals surface area contributed by atoms with Gasteiger partial charge in [-0.05, 0) is 86.3 Å². The lowest BCUT2D eigenvalue weighted by molar-refractivity contribution is 0.411. The molecule has 0 aliphatic heterocycles. The van der Waals surface area contributed by atoms with Crippen molar-refractivity contribution in [3.8, 4) is 5.75 Å². The van der Waals surface area contributed by atoms with Crippen molar-refractivity contribution in [1.82, 2.24) is 19.8 Å². The Morgan fingerprint density at radius 2 is 2.00 bits per heavy atom. The number of rotatable bonds is 7. The van der Waals surface area contributed by atoms with E-state index in [1.807, 2.05) is 19.2 Å². The lowest BCUT2D eigenvalue weighted by Crippen LogP contribution is -2.23. The molecule has 2 aromatic carbocycles. The fourth-order valence-corrected chi connectivity index (χ4v) is 5.16. The number of benzene rings is 2. The molecule has 0 bridgehead atoms. The van der Waals surface area contributed by atoms with Gasteiger partial charge in [0.1, 0.15) is 10.6 Å². The number of halogens is 1. The maximum Gasteiger partial charge on any atom is 0.243 e. The van der Waals surface area contributed by atoms with Crippen molar-refractivity contribution < 1.29 is 13.2 Å². The number of sulfonamides is 1. The molecule has 9 heteroatoms. The molecule has 0 radical (unpaired) electrons. The van der Waals surface area contributed by atoms with E-state index in [0.29, 0.717) is 11.8 Å². The quantitative estimate of drug-likeness (QED) is 0.530. The predicted molar refractivity (Wildman–Crippen MR) is 131 cm³/mol. The predicted octanol–water partition coefficient (Wildman–Crippen LogP) is 3.39. The molecule has 0 amide bonds. The van der Waals surface area contributed by atoms with Crippen molar-refractivity contribution in [2.75, 3.05) is 27.7 Å². The summed E-state index contributed by atoms with van der Waals surface area (Å²) >= 11 is 6.14. The van der Waals surface area contributed by atoms with Crippen LogP contribution in [0.4, 0.5) is 0 Å². The highest BCUT2D eigenvalue weighted by molar-refractivity contribution is 7.89. The number of hydrogen-bond acceptors (Lipinski definition) is 5. The lowest BCUT2D eigenvalue weighted by Gasteiger charge is -2.21. The van der Waals surface area contributed by atoms with E-state index in [-0.39, 0.29) is 4.90 Å². The third kappa shape index (κ3) is 6.35. The van der Waals surface area contributed by atoms with Gasteiger partial charge in [-0.15, -0.1) is 0 Å². The van der Waals surface area contributed by atoms with Gasteiger partial charge in [0.15, 0.2) is 0 Å². The van der Waals surface area contributed by atoms with Crippen LogP contribution in [0.5, 0.6) is 5.75 Å². The fraction of sp³-hybridized carbons (Fsp3) is 0.375. The normalized spacial score (nSPS) is 17.2. The topological polar surface area (TPSA) is 85.2 Å². The van der Waals surface area contributed by atoms with E-state index in [0.717, 1.165) is 30.2 Å². The number of fused-ring (bicyclic) bond motifs is 1. The van der Waals surface area contributed by atoms with Gasteiger partial charge in [0.05, 0.1) is 13.3 Å². The molecule has 2 atom stereocenters. The van der Waals surface area contributed by atoms with Gasteiger partial charge >= 0.3 is 0 Å². The Balaban J connectivity index is 0.000000235. The van der Waals surface area contributed by atoms with Crippen LogP contribution in [0, 0.1) is 5.92 Å². The Morgan fingerprint density at radius 3 is 2.61 bits per heavy atom. The molecule has 1 aliphatic rings. The van der Waals surface area contributed by atoms with E-state index in [9.17, 15) is 8.42 Å². The first kappa shape index (κ1) is 25.2. The summed E-state index contributed by atoms with van der Waals surface area (Å²) in [7, 11) is 3.47. The summed E-state index contributed by atoms with van der Waals surface area (Å²) in [5.41, 5.74) is 4.18. The van der Waals surface area contributed by atoms with Crippen molar-refractivity contribution in [1.29, 1.82) is 0 Å². The standard InChI is InChI=1S/C19H22ClNO.C5H9N3O2S/c1-21-12-15-10-14-6-7-17(22-2)11-19(14)18(15)9-13-4-3-5-16(20)8-13;1-6-11(9,10)5-3-7-8(2)4-5/h3-8,11,15,18,21H,9-10,12H2,1-2H3;3-4,6H,1-2H3. The molecule has 1 aromatic heterocycles. The molecular weight excluding hydrogens is 460 g/mol. The second kappa shape index (κ2) is 11.2. The third-order valence-electron chi connectivity index (χ3n) is 5.87. The van der Waals surface area contributed by atoms with Crippen molar-refractivity contribution in [3.63, 3.8) is 0 Å². The Labute approximate surface area is 201 Å². The second-order valence-electron chi connectivity index (χ2n) is 8.08. The minimum Gasteiger partial charge on any atom is -0.497 e. The summed E-state index contributed by atoms with van der Waals surface area (Å²) in [6.45, 7) is 1.03. The number of nitrogens with one attached hydrogen (secondary N) is 2. The molecule has 178 valence electrons. The molecule has 4 rings (SSSR count). The van der Waals surface area contributed by atoms with E-state index in [1.165, 1.54) is 40.8 Å². The molecule has 0 saturated carbocycles. The maximum atomic E-state index is 11.0. The molecule has 0 fully saturated rings. The summed E-state index contributed by atoms with van der Waals surface area (Å²) in [6.07, 6.45) is 4.89. The zero-order valence-electron chi connectivity index (χ0n) is 19.4. The molecule has 2 unspecified atom stereocenters. The van der Waals surface area contributed by atoms with Crippen molar-refractivity contribution >= 4 is 21.6 Å². The fourth-order valence-electron chi connectivity index (χ4n) is 4.24. The van der Waals surface area contributed by atoms with Crippen LogP contribution in [0.2, 0.25) is 5.02 Å². The van der Waals surface area contributed by atoms with Crippen LogP contribution in [0.1, 0.15) is 22.6 Å². The molecule has 0 saturated heterocycles. The molecular formula is C24H31ClN4O3S. The van der Waals surface area contributed by atoms with E-state index in [4.69, 9.17) is 16.3 Å². The van der Waals surface area contributed by atoms with Crippen LogP contribution in [0.3, 0.4) is 0 Å². The van der Waals surface area contributed by atoms with Crippen LogP contribution < -0.4 is 14.8 Å². The van der Waals surface area contributed by atoms with Crippen LogP contribution >= 0.6 is 11.6 Å². The maximum absolute atomic E-state index is 11.0. The number of hydrogen-bond donors (Lipinski definition) is 2. The largest absolute Gasteiger partial charge is 0.497 e. The van der Waals surface area contributed by atoms with E-state index >= 15 is 0 Å². The van der Waals surface area contributed by atoms with Gasteiger partial charge in [-0.2, -0.15) is 5.10 Å². The Morgan fingerprint density at radius 1 is 1.21 bits per heavy atom. The molecule has 2 N–H and O–H groups in total. The van der Waals surface area contributed by atoms with Gasteiger partial charge in [0, 0.05) is 18.3 Å². The first-order chi connectivity index (χ1) is 15.8. The molecule has 1 aliphatic carbocycles. The van der Waals surface area contributed by atoms with Gasteiger partial charge < -0.3 is 10.1 Å². The zero-order chi connectivity index (χ0) is 24.0. The zero-order valence-corrected chi connectivity index (χ0v) is 20.9. The Kier molecular flexibility index (Phi) is 8.53. The summed E-state index contributed by atoms with van der Waals surface area (Å²) in [4.78, 5) is 0.183. The Bertz CT molecular complexity index is 1180. The second-order valence-corrected chi connectivity index (χ2v) is 10.4. The van der Waals surface area contributed by atoms with E-state index in [2.05, 4.69) is 45.5 Å². The monoisotopic (exact) mass is 490 g/mol. The first-order valence-corrected chi connectivity index (χ1v) is 12.6. The van der Waals surface area contributed by atoms with Crippen LogP contribution in [-0.4, -0.2) is 45.9 Å². The first-order valence-electron chi connectivity index (χ1n) is 10.8. The van der Waals surface area contributed by atoms with Crippen LogP contribution in [0.25, 0.3) is 0 Å². The van der Waals surface area contributed by atoms with E-state index in [1.54, 1.807) is 14.2 Å². The van der Waals surface area contributed by atoms with Gasteiger partial charge in [-0.1, -0.05) is 29.8 Å². The summed E-state index contributed by atoms with van der Waals surface area (Å²) < 4.78 is 31.1.